The first-order valence-electron chi connectivity index (χ1n) is 7.59. The number of rotatable bonds is 5. The molecular weight excluding hydrogens is 296 g/mol. The van der Waals surface area contributed by atoms with Crippen LogP contribution in [0.15, 0.2) is 29.9 Å². The van der Waals surface area contributed by atoms with E-state index in [1.807, 2.05) is 17.5 Å². The van der Waals surface area contributed by atoms with Crippen molar-refractivity contribution in [1.29, 1.82) is 0 Å². The summed E-state index contributed by atoms with van der Waals surface area (Å²) in [7, 11) is 0. The highest BCUT2D eigenvalue weighted by Crippen LogP contribution is 2.26. The van der Waals surface area contributed by atoms with E-state index in [0.717, 1.165) is 35.5 Å². The Morgan fingerprint density at radius 2 is 2.18 bits per heavy atom. The molecule has 22 heavy (non-hydrogen) atoms. The summed E-state index contributed by atoms with van der Waals surface area (Å²) in [5.41, 5.74) is 7.97. The van der Waals surface area contributed by atoms with Crippen LogP contribution < -0.4 is 11.1 Å². The second-order valence-electron chi connectivity index (χ2n) is 5.70. The van der Waals surface area contributed by atoms with E-state index in [4.69, 9.17) is 5.73 Å². The number of hydrogen-bond donors (Lipinski definition) is 2. The summed E-state index contributed by atoms with van der Waals surface area (Å²) in [6.45, 7) is 0.483. The third kappa shape index (κ3) is 3.69. The molecule has 1 amide bonds. The van der Waals surface area contributed by atoms with Gasteiger partial charge in [-0.25, -0.2) is 4.98 Å². The number of hydrogen-bond acceptors (Lipinski definition) is 5. The molecule has 2 aromatic rings. The third-order valence-electron chi connectivity index (χ3n) is 4.13. The van der Waals surface area contributed by atoms with E-state index in [0.29, 0.717) is 18.9 Å². The summed E-state index contributed by atoms with van der Waals surface area (Å²) in [5, 5.41) is 5.87. The lowest BCUT2D eigenvalue weighted by atomic mass is 10.00. The lowest BCUT2D eigenvalue weighted by molar-refractivity contribution is -0.122. The van der Waals surface area contributed by atoms with Gasteiger partial charge in [-0.05, 0) is 30.9 Å². The normalized spacial score (nSPS) is 21.0. The van der Waals surface area contributed by atoms with E-state index in [9.17, 15) is 4.79 Å². The maximum Gasteiger partial charge on any atom is 0.220 e. The number of aromatic nitrogens is 2. The number of carbonyl (C=O) groups is 1. The molecule has 1 aliphatic rings. The standard InChI is InChI=1S/C16H20N4OS/c17-13-3-1-2-12(13)8-15(21)19-9-16-20-14(10-22-16)11-4-6-18-7-5-11/h4-7,10,12-13H,1-3,8-9,17H2,(H,19,21)/t12-,13+/m0/s1. The Morgan fingerprint density at radius 3 is 2.91 bits per heavy atom. The SMILES string of the molecule is N[C@@H]1CCC[C@H]1CC(=O)NCc1nc(-c2ccncc2)cs1. The summed E-state index contributed by atoms with van der Waals surface area (Å²) < 4.78 is 0. The molecule has 2 atom stereocenters. The van der Waals surface area contributed by atoms with Crippen molar-refractivity contribution in [3.63, 3.8) is 0 Å². The average molecular weight is 316 g/mol. The van der Waals surface area contributed by atoms with Crippen LogP contribution in [0.1, 0.15) is 30.7 Å². The lowest BCUT2D eigenvalue weighted by Crippen LogP contribution is -2.31. The average Bonchev–Trinajstić information content (AvgIpc) is 3.16. The van der Waals surface area contributed by atoms with Gasteiger partial charge in [0.15, 0.2) is 0 Å². The molecule has 1 aliphatic carbocycles. The molecule has 0 aromatic carbocycles. The van der Waals surface area contributed by atoms with E-state index >= 15 is 0 Å². The van der Waals surface area contributed by atoms with Crippen LogP contribution >= 0.6 is 11.3 Å². The Balaban J connectivity index is 1.51. The number of carbonyl (C=O) groups excluding carboxylic acids is 1. The molecule has 3 N–H and O–H groups in total. The predicted octanol–water partition coefficient (Wildman–Crippen LogP) is 2.34. The zero-order chi connectivity index (χ0) is 15.4. The van der Waals surface area contributed by atoms with Crippen molar-refractivity contribution in [3.05, 3.63) is 34.9 Å². The van der Waals surface area contributed by atoms with Crippen LogP contribution in [-0.4, -0.2) is 21.9 Å². The van der Waals surface area contributed by atoms with Crippen molar-refractivity contribution >= 4 is 17.2 Å². The molecule has 0 unspecified atom stereocenters. The molecule has 6 heteroatoms. The molecule has 0 saturated heterocycles. The van der Waals surface area contributed by atoms with Gasteiger partial charge < -0.3 is 11.1 Å². The summed E-state index contributed by atoms with van der Waals surface area (Å²) >= 11 is 1.56. The molecular formula is C16H20N4OS. The van der Waals surface area contributed by atoms with Crippen LogP contribution in [-0.2, 0) is 11.3 Å². The van der Waals surface area contributed by atoms with E-state index in [1.165, 1.54) is 0 Å². The minimum atomic E-state index is 0.0722. The van der Waals surface area contributed by atoms with Crippen LogP contribution in [0.4, 0.5) is 0 Å². The molecule has 0 spiro atoms. The van der Waals surface area contributed by atoms with Gasteiger partial charge in [-0.1, -0.05) is 6.42 Å². The number of amides is 1. The summed E-state index contributed by atoms with van der Waals surface area (Å²) in [5.74, 6) is 0.409. The first-order chi connectivity index (χ1) is 10.7. The highest BCUT2D eigenvalue weighted by Gasteiger charge is 2.25. The van der Waals surface area contributed by atoms with Gasteiger partial charge in [-0.3, -0.25) is 9.78 Å². The van der Waals surface area contributed by atoms with E-state index in [-0.39, 0.29) is 11.9 Å². The maximum absolute atomic E-state index is 12.0. The van der Waals surface area contributed by atoms with Gasteiger partial charge in [0.25, 0.3) is 0 Å². The first-order valence-corrected chi connectivity index (χ1v) is 8.47. The largest absolute Gasteiger partial charge is 0.350 e. The van der Waals surface area contributed by atoms with Gasteiger partial charge in [-0.15, -0.1) is 11.3 Å². The summed E-state index contributed by atoms with van der Waals surface area (Å²) in [4.78, 5) is 20.5. The second kappa shape index (κ2) is 6.98. The van der Waals surface area contributed by atoms with Crippen molar-refractivity contribution in [1.82, 2.24) is 15.3 Å². The Hall–Kier alpha value is -1.79. The maximum atomic E-state index is 12.0. The monoisotopic (exact) mass is 316 g/mol. The summed E-state index contributed by atoms with van der Waals surface area (Å²) in [6, 6.07) is 4.04. The van der Waals surface area contributed by atoms with Gasteiger partial charge >= 0.3 is 0 Å². The second-order valence-corrected chi connectivity index (χ2v) is 6.64. The zero-order valence-corrected chi connectivity index (χ0v) is 13.2. The minimum absolute atomic E-state index is 0.0722. The number of nitrogens with one attached hydrogen (secondary N) is 1. The fraction of sp³-hybridized carbons (Fsp3) is 0.438. The highest BCUT2D eigenvalue weighted by atomic mass is 32.1. The fourth-order valence-electron chi connectivity index (χ4n) is 2.85. The Kier molecular flexibility index (Phi) is 4.80. The minimum Gasteiger partial charge on any atom is -0.350 e. The molecule has 2 aromatic heterocycles. The van der Waals surface area contributed by atoms with Crippen molar-refractivity contribution < 1.29 is 4.79 Å². The van der Waals surface area contributed by atoms with Gasteiger partial charge in [0.1, 0.15) is 5.01 Å². The van der Waals surface area contributed by atoms with Crippen LogP contribution in [0.3, 0.4) is 0 Å². The van der Waals surface area contributed by atoms with Gasteiger partial charge in [0, 0.05) is 35.8 Å². The Morgan fingerprint density at radius 1 is 1.36 bits per heavy atom. The molecule has 5 nitrogen and oxygen atoms in total. The van der Waals surface area contributed by atoms with E-state index < -0.39 is 0 Å². The molecule has 2 heterocycles. The molecule has 3 rings (SSSR count). The summed E-state index contributed by atoms with van der Waals surface area (Å²) in [6.07, 6.45) is 7.28. The zero-order valence-electron chi connectivity index (χ0n) is 12.4. The lowest BCUT2D eigenvalue weighted by Gasteiger charge is -2.14. The number of pyridine rings is 1. The van der Waals surface area contributed by atoms with Crippen molar-refractivity contribution in [3.8, 4) is 11.3 Å². The van der Waals surface area contributed by atoms with Crippen molar-refractivity contribution in [2.24, 2.45) is 11.7 Å². The fourth-order valence-corrected chi connectivity index (χ4v) is 3.59. The van der Waals surface area contributed by atoms with E-state index in [1.54, 1.807) is 23.7 Å². The predicted molar refractivity (Wildman–Crippen MR) is 87.1 cm³/mol. The third-order valence-corrected chi connectivity index (χ3v) is 4.98. The smallest absolute Gasteiger partial charge is 0.220 e. The molecule has 1 saturated carbocycles. The van der Waals surface area contributed by atoms with Gasteiger partial charge in [0.2, 0.25) is 5.91 Å². The Bertz CT molecular complexity index is 628. The van der Waals surface area contributed by atoms with Gasteiger partial charge in [-0.2, -0.15) is 0 Å². The van der Waals surface area contributed by atoms with Crippen LogP contribution in [0, 0.1) is 5.92 Å². The number of thiazole rings is 1. The van der Waals surface area contributed by atoms with Crippen LogP contribution in [0.25, 0.3) is 11.3 Å². The molecule has 0 bridgehead atoms. The first kappa shape index (κ1) is 15.1. The topological polar surface area (TPSA) is 80.9 Å². The molecule has 0 radical (unpaired) electrons. The van der Waals surface area contributed by atoms with Crippen LogP contribution in [0.2, 0.25) is 0 Å². The highest BCUT2D eigenvalue weighted by molar-refractivity contribution is 7.09. The molecule has 116 valence electrons. The number of nitrogens with two attached hydrogens (primary N) is 1. The van der Waals surface area contributed by atoms with E-state index in [2.05, 4.69) is 15.3 Å². The van der Waals surface area contributed by atoms with Crippen molar-refractivity contribution in [2.75, 3.05) is 0 Å². The van der Waals surface area contributed by atoms with Crippen molar-refractivity contribution in [2.45, 2.75) is 38.3 Å². The van der Waals surface area contributed by atoms with Crippen LogP contribution in [0.5, 0.6) is 0 Å². The van der Waals surface area contributed by atoms with Gasteiger partial charge in [0.05, 0.1) is 12.2 Å². The molecule has 1 fully saturated rings. The number of nitrogens with zero attached hydrogens (tertiary/aromatic N) is 2. The Labute approximate surface area is 134 Å². The quantitative estimate of drug-likeness (QED) is 0.887. The molecule has 0 aliphatic heterocycles.